The molecule has 1 fully saturated rings. The zero-order valence-corrected chi connectivity index (χ0v) is 10.2. The van der Waals surface area contributed by atoms with Crippen LogP contribution in [0.5, 0.6) is 0 Å². The van der Waals surface area contributed by atoms with Gasteiger partial charge in [0, 0.05) is 11.6 Å². The van der Waals surface area contributed by atoms with Crippen LogP contribution in [0.3, 0.4) is 0 Å². The van der Waals surface area contributed by atoms with Crippen LogP contribution in [0.15, 0.2) is 24.3 Å². The Morgan fingerprint density at radius 2 is 2.22 bits per heavy atom. The van der Waals surface area contributed by atoms with Gasteiger partial charge in [0.25, 0.3) is 0 Å². The minimum Gasteiger partial charge on any atom is -0.383 e. The van der Waals surface area contributed by atoms with Crippen molar-refractivity contribution in [2.75, 3.05) is 5.73 Å². The maximum atomic E-state index is 8.93. The van der Waals surface area contributed by atoms with E-state index in [1.54, 1.807) is 6.07 Å². The predicted molar refractivity (Wildman–Crippen MR) is 69.8 cm³/mol. The van der Waals surface area contributed by atoms with Gasteiger partial charge in [-0.15, -0.1) is 0 Å². The molecule has 1 aliphatic rings. The Bertz CT molecular complexity index is 644. The number of rotatable bonds is 2. The third-order valence-corrected chi connectivity index (χ3v) is 3.30. The van der Waals surface area contributed by atoms with E-state index in [-0.39, 0.29) is 0 Å². The molecule has 0 radical (unpaired) electrons. The van der Waals surface area contributed by atoms with Gasteiger partial charge in [-0.05, 0) is 31.9 Å². The van der Waals surface area contributed by atoms with Crippen molar-refractivity contribution >= 4 is 5.82 Å². The zero-order valence-electron chi connectivity index (χ0n) is 10.2. The molecular formula is C14H14N4. The first-order valence-corrected chi connectivity index (χ1v) is 6.05. The summed E-state index contributed by atoms with van der Waals surface area (Å²) >= 11 is 0. The molecule has 1 saturated carbocycles. The maximum Gasteiger partial charge on any atom is 0.131 e. The van der Waals surface area contributed by atoms with Crippen molar-refractivity contribution in [1.29, 1.82) is 5.26 Å². The number of nitrogens with two attached hydrogens (primary N) is 1. The zero-order chi connectivity index (χ0) is 12.7. The van der Waals surface area contributed by atoms with Crippen LogP contribution in [0.25, 0.3) is 11.3 Å². The Labute approximate surface area is 106 Å². The fraction of sp³-hybridized carbons (Fsp3) is 0.286. The van der Waals surface area contributed by atoms with Crippen molar-refractivity contribution < 1.29 is 0 Å². The highest BCUT2D eigenvalue weighted by Crippen LogP contribution is 2.40. The molecule has 0 bridgehead atoms. The van der Waals surface area contributed by atoms with Gasteiger partial charge in [-0.1, -0.05) is 12.1 Å². The number of aromatic nitrogens is 2. The van der Waals surface area contributed by atoms with Crippen LogP contribution in [0.2, 0.25) is 0 Å². The third kappa shape index (κ3) is 1.65. The van der Waals surface area contributed by atoms with Crippen LogP contribution in [0, 0.1) is 18.3 Å². The lowest BCUT2D eigenvalue weighted by molar-refractivity contribution is 0.720. The summed E-state index contributed by atoms with van der Waals surface area (Å²) in [7, 11) is 0. The topological polar surface area (TPSA) is 67.6 Å². The third-order valence-electron chi connectivity index (χ3n) is 3.30. The monoisotopic (exact) mass is 238 g/mol. The van der Waals surface area contributed by atoms with E-state index < -0.39 is 0 Å². The lowest BCUT2D eigenvalue weighted by atomic mass is 10.1. The second kappa shape index (κ2) is 3.88. The number of nitriles is 1. The molecule has 3 rings (SSSR count). The maximum absolute atomic E-state index is 8.93. The van der Waals surface area contributed by atoms with E-state index in [4.69, 9.17) is 11.0 Å². The molecule has 2 N–H and O–H groups in total. The minimum atomic E-state index is 0.519. The SMILES string of the molecule is Cc1nc(-c2cccc(C#N)c2)c(N)n1C1CC1. The Hall–Kier alpha value is -2.28. The molecule has 0 amide bonds. The van der Waals surface area contributed by atoms with Gasteiger partial charge >= 0.3 is 0 Å². The Balaban J connectivity index is 2.11. The highest BCUT2D eigenvalue weighted by molar-refractivity contribution is 5.72. The van der Waals surface area contributed by atoms with E-state index in [2.05, 4.69) is 15.6 Å². The van der Waals surface area contributed by atoms with E-state index in [0.717, 1.165) is 17.1 Å². The molecule has 0 atom stereocenters. The molecule has 0 saturated heterocycles. The Morgan fingerprint density at radius 3 is 2.89 bits per heavy atom. The fourth-order valence-corrected chi connectivity index (χ4v) is 2.30. The van der Waals surface area contributed by atoms with Gasteiger partial charge in [-0.3, -0.25) is 0 Å². The van der Waals surface area contributed by atoms with Crippen molar-refractivity contribution in [2.45, 2.75) is 25.8 Å². The van der Waals surface area contributed by atoms with Crippen molar-refractivity contribution in [3.05, 3.63) is 35.7 Å². The van der Waals surface area contributed by atoms with Gasteiger partial charge in [-0.2, -0.15) is 5.26 Å². The van der Waals surface area contributed by atoms with Gasteiger partial charge in [0.05, 0.1) is 11.6 Å². The number of hydrogen-bond donors (Lipinski definition) is 1. The summed E-state index contributed by atoms with van der Waals surface area (Å²) in [6.45, 7) is 1.98. The Kier molecular flexibility index (Phi) is 2.34. The van der Waals surface area contributed by atoms with E-state index in [1.807, 2.05) is 25.1 Å². The molecule has 4 heteroatoms. The average molecular weight is 238 g/mol. The largest absolute Gasteiger partial charge is 0.383 e. The van der Waals surface area contributed by atoms with E-state index in [1.165, 1.54) is 12.8 Å². The summed E-state index contributed by atoms with van der Waals surface area (Å²) < 4.78 is 2.11. The normalized spacial score (nSPS) is 14.4. The number of benzene rings is 1. The van der Waals surface area contributed by atoms with Crippen LogP contribution >= 0.6 is 0 Å². The molecule has 90 valence electrons. The average Bonchev–Trinajstić information content (AvgIpc) is 3.16. The lowest BCUT2D eigenvalue weighted by Crippen LogP contribution is -2.02. The molecule has 1 heterocycles. The summed E-state index contributed by atoms with van der Waals surface area (Å²) in [5.74, 6) is 1.66. The van der Waals surface area contributed by atoms with Crippen molar-refractivity contribution in [1.82, 2.24) is 9.55 Å². The molecule has 0 aliphatic heterocycles. The van der Waals surface area contributed by atoms with Crippen molar-refractivity contribution in [3.8, 4) is 17.3 Å². The standard InChI is InChI=1S/C14H14N4/c1-9-17-13(14(16)18(9)12-5-6-12)11-4-2-3-10(7-11)8-15/h2-4,7,12H,5-6,16H2,1H3. The first-order valence-electron chi connectivity index (χ1n) is 6.05. The molecule has 0 unspecified atom stereocenters. The molecule has 18 heavy (non-hydrogen) atoms. The van der Waals surface area contributed by atoms with E-state index >= 15 is 0 Å². The van der Waals surface area contributed by atoms with E-state index in [0.29, 0.717) is 17.4 Å². The van der Waals surface area contributed by atoms with Gasteiger partial charge in [0.2, 0.25) is 0 Å². The number of hydrogen-bond acceptors (Lipinski definition) is 3. The molecule has 1 aromatic carbocycles. The van der Waals surface area contributed by atoms with Crippen LogP contribution in [0.4, 0.5) is 5.82 Å². The van der Waals surface area contributed by atoms with Crippen molar-refractivity contribution in [2.24, 2.45) is 0 Å². The molecule has 1 aliphatic carbocycles. The number of anilines is 1. The lowest BCUT2D eigenvalue weighted by Gasteiger charge is -2.05. The first kappa shape index (κ1) is 10.8. The van der Waals surface area contributed by atoms with Gasteiger partial charge < -0.3 is 10.3 Å². The smallest absolute Gasteiger partial charge is 0.131 e. The molecule has 0 spiro atoms. The summed E-state index contributed by atoms with van der Waals surface area (Å²) in [4.78, 5) is 4.55. The van der Waals surface area contributed by atoms with Crippen LogP contribution < -0.4 is 5.73 Å². The molecular weight excluding hydrogens is 224 g/mol. The summed E-state index contributed by atoms with van der Waals surface area (Å²) in [5, 5.41) is 8.93. The first-order chi connectivity index (χ1) is 8.70. The number of imidazole rings is 1. The predicted octanol–water partition coefficient (Wildman–Crippen LogP) is 2.65. The second-order valence-electron chi connectivity index (χ2n) is 4.69. The fourth-order valence-electron chi connectivity index (χ4n) is 2.30. The summed E-state index contributed by atoms with van der Waals surface area (Å²) in [6, 6.07) is 10.1. The second-order valence-corrected chi connectivity index (χ2v) is 4.69. The van der Waals surface area contributed by atoms with E-state index in [9.17, 15) is 0 Å². The number of aryl methyl sites for hydroxylation is 1. The summed E-state index contributed by atoms with van der Waals surface area (Å²) in [5.41, 5.74) is 8.52. The van der Waals surface area contributed by atoms with Gasteiger partial charge in [-0.25, -0.2) is 4.98 Å². The summed E-state index contributed by atoms with van der Waals surface area (Å²) in [6.07, 6.45) is 2.36. The van der Waals surface area contributed by atoms with Gasteiger partial charge in [0.15, 0.2) is 0 Å². The molecule has 1 aromatic heterocycles. The van der Waals surface area contributed by atoms with Crippen LogP contribution in [-0.2, 0) is 0 Å². The van der Waals surface area contributed by atoms with Crippen molar-refractivity contribution in [3.63, 3.8) is 0 Å². The highest BCUT2D eigenvalue weighted by Gasteiger charge is 2.28. The highest BCUT2D eigenvalue weighted by atomic mass is 15.2. The molecule has 2 aromatic rings. The Morgan fingerprint density at radius 1 is 1.44 bits per heavy atom. The van der Waals surface area contributed by atoms with Crippen LogP contribution in [0.1, 0.15) is 30.3 Å². The number of nitrogen functional groups attached to an aromatic ring is 1. The number of nitrogens with zero attached hydrogens (tertiary/aromatic N) is 3. The van der Waals surface area contributed by atoms with Crippen LogP contribution in [-0.4, -0.2) is 9.55 Å². The van der Waals surface area contributed by atoms with Gasteiger partial charge in [0.1, 0.15) is 17.3 Å². The minimum absolute atomic E-state index is 0.519. The molecule has 4 nitrogen and oxygen atoms in total. The quantitative estimate of drug-likeness (QED) is 0.874.